The molecule has 0 spiro atoms. The fourth-order valence-corrected chi connectivity index (χ4v) is 1.75. The van der Waals surface area contributed by atoms with Gasteiger partial charge in [0, 0.05) is 12.5 Å². The van der Waals surface area contributed by atoms with Gasteiger partial charge in [0.1, 0.15) is 12.0 Å². The average molecular weight is 328 g/mol. The van der Waals surface area contributed by atoms with Crippen molar-refractivity contribution >= 4 is 17.7 Å². The zero-order chi connectivity index (χ0) is 17.2. The van der Waals surface area contributed by atoms with Crippen molar-refractivity contribution in [1.29, 1.82) is 0 Å². The number of carbonyl (C=O) groups excluding carboxylic acids is 2. The molecule has 1 aromatic carbocycles. The number of amides is 1. The van der Waals surface area contributed by atoms with Gasteiger partial charge in [0.15, 0.2) is 5.82 Å². The number of anilines is 1. The van der Waals surface area contributed by atoms with Crippen molar-refractivity contribution in [2.24, 2.45) is 0 Å². The van der Waals surface area contributed by atoms with Crippen LogP contribution in [0, 0.1) is 6.92 Å². The molecule has 2 aromatic rings. The minimum absolute atomic E-state index is 0.0952. The van der Waals surface area contributed by atoms with Crippen LogP contribution in [-0.4, -0.2) is 16.9 Å². The van der Waals surface area contributed by atoms with E-state index in [2.05, 4.69) is 14.7 Å². The average Bonchev–Trinajstić information content (AvgIpc) is 2.85. The van der Waals surface area contributed by atoms with Crippen molar-refractivity contribution in [3.8, 4) is 5.75 Å². The second kappa shape index (κ2) is 6.11. The van der Waals surface area contributed by atoms with Gasteiger partial charge >= 0.3 is 18.0 Å². The maximum atomic E-state index is 12.4. The number of carbonyl (C=O) groups is 2. The van der Waals surface area contributed by atoms with Crippen LogP contribution in [0.1, 0.15) is 28.7 Å². The van der Waals surface area contributed by atoms with E-state index in [1.165, 1.54) is 25.1 Å². The summed E-state index contributed by atoms with van der Waals surface area (Å²) in [5.74, 6) is -2.97. The fourth-order valence-electron chi connectivity index (χ4n) is 1.75. The first-order valence-electron chi connectivity index (χ1n) is 6.29. The molecule has 1 heterocycles. The van der Waals surface area contributed by atoms with Gasteiger partial charge in [-0.05, 0) is 30.7 Å². The normalized spacial score (nSPS) is 11.2. The van der Waals surface area contributed by atoms with Crippen LogP contribution in [0.25, 0.3) is 0 Å². The number of aromatic nitrogens is 1. The van der Waals surface area contributed by atoms with E-state index in [4.69, 9.17) is 4.74 Å². The van der Waals surface area contributed by atoms with Gasteiger partial charge in [0.25, 0.3) is 5.91 Å². The van der Waals surface area contributed by atoms with E-state index < -0.39 is 23.9 Å². The molecule has 0 bridgehead atoms. The van der Waals surface area contributed by atoms with E-state index in [0.29, 0.717) is 11.8 Å². The molecule has 23 heavy (non-hydrogen) atoms. The number of ether oxygens (including phenoxy) is 1. The molecule has 1 aromatic heterocycles. The molecular formula is C14H11F3N2O4. The van der Waals surface area contributed by atoms with Crippen molar-refractivity contribution < 1.29 is 31.9 Å². The van der Waals surface area contributed by atoms with Crippen LogP contribution in [-0.2, 0) is 11.0 Å². The van der Waals surface area contributed by atoms with Gasteiger partial charge in [0.05, 0.1) is 0 Å². The van der Waals surface area contributed by atoms with Crippen molar-refractivity contribution in [3.63, 3.8) is 0 Å². The molecule has 122 valence electrons. The molecule has 0 saturated carbocycles. The Labute approximate surface area is 128 Å². The molecule has 0 aliphatic rings. The molecule has 0 aliphatic carbocycles. The number of esters is 1. The Morgan fingerprint density at radius 1 is 1.26 bits per heavy atom. The van der Waals surface area contributed by atoms with Crippen LogP contribution in [0.5, 0.6) is 5.75 Å². The molecule has 0 radical (unpaired) electrons. The van der Waals surface area contributed by atoms with E-state index in [9.17, 15) is 22.8 Å². The molecular weight excluding hydrogens is 317 g/mol. The summed E-state index contributed by atoms with van der Waals surface area (Å²) >= 11 is 0. The Balaban J connectivity index is 2.19. The third-order valence-electron chi connectivity index (χ3n) is 2.56. The predicted octanol–water partition coefficient (Wildman–Crippen LogP) is 3.18. The Kier molecular flexibility index (Phi) is 4.39. The Morgan fingerprint density at radius 2 is 1.96 bits per heavy atom. The minimum Gasteiger partial charge on any atom is -0.439 e. The quantitative estimate of drug-likeness (QED) is 0.691. The van der Waals surface area contributed by atoms with Gasteiger partial charge in [0.2, 0.25) is 0 Å². The lowest BCUT2D eigenvalue weighted by atomic mass is 10.1. The van der Waals surface area contributed by atoms with Crippen molar-refractivity contribution in [3.05, 3.63) is 41.5 Å². The summed E-state index contributed by atoms with van der Waals surface area (Å²) in [6, 6.07) is 4.30. The van der Waals surface area contributed by atoms with Gasteiger partial charge < -0.3 is 14.5 Å². The highest BCUT2D eigenvalue weighted by atomic mass is 19.4. The van der Waals surface area contributed by atoms with Crippen molar-refractivity contribution in [1.82, 2.24) is 4.98 Å². The third-order valence-corrected chi connectivity index (χ3v) is 2.56. The number of alkyl halides is 3. The molecule has 1 amide bonds. The van der Waals surface area contributed by atoms with Crippen molar-refractivity contribution in [2.45, 2.75) is 20.0 Å². The summed E-state index contributed by atoms with van der Waals surface area (Å²) in [5, 5.41) is 2.17. The Morgan fingerprint density at radius 3 is 2.52 bits per heavy atom. The van der Waals surface area contributed by atoms with Gasteiger partial charge in [-0.2, -0.15) is 18.2 Å². The molecule has 2 rings (SSSR count). The highest BCUT2D eigenvalue weighted by molar-refractivity contribution is 6.04. The highest BCUT2D eigenvalue weighted by Gasteiger charge is 2.37. The van der Waals surface area contributed by atoms with Crippen molar-refractivity contribution in [2.75, 3.05) is 5.32 Å². The van der Waals surface area contributed by atoms with E-state index in [0.717, 1.165) is 0 Å². The molecule has 0 unspecified atom stereocenters. The third kappa shape index (κ3) is 4.31. The van der Waals surface area contributed by atoms with Gasteiger partial charge in [-0.3, -0.25) is 9.59 Å². The van der Waals surface area contributed by atoms with Gasteiger partial charge in [-0.15, -0.1) is 0 Å². The van der Waals surface area contributed by atoms with Crippen LogP contribution < -0.4 is 10.1 Å². The number of halogens is 3. The summed E-state index contributed by atoms with van der Waals surface area (Å²) in [4.78, 5) is 26.1. The zero-order valence-electron chi connectivity index (χ0n) is 12.0. The number of oxazole rings is 1. The Hall–Kier alpha value is -2.84. The summed E-state index contributed by atoms with van der Waals surface area (Å²) in [6.45, 7) is 2.87. The smallest absolute Gasteiger partial charge is 0.439 e. The molecule has 1 N–H and O–H groups in total. The number of hydrogen-bond donors (Lipinski definition) is 1. The zero-order valence-corrected chi connectivity index (χ0v) is 12.0. The second-order valence-electron chi connectivity index (χ2n) is 4.62. The fraction of sp³-hybridized carbons (Fsp3) is 0.214. The van der Waals surface area contributed by atoms with Crippen LogP contribution in [0.2, 0.25) is 0 Å². The number of hydrogen-bond acceptors (Lipinski definition) is 5. The molecule has 0 aliphatic heterocycles. The number of benzene rings is 1. The minimum atomic E-state index is -4.74. The van der Waals surface area contributed by atoms with E-state index in [1.54, 1.807) is 6.92 Å². The van der Waals surface area contributed by atoms with Crippen LogP contribution in [0.15, 0.2) is 28.9 Å². The largest absolute Gasteiger partial charge is 0.469 e. The van der Waals surface area contributed by atoms with E-state index in [1.807, 2.05) is 0 Å². The SMILES string of the molecule is CC(=O)Oc1cc(C)cc(C(=O)Nc2coc(C(F)(F)F)n2)c1. The second-order valence-corrected chi connectivity index (χ2v) is 4.62. The van der Waals surface area contributed by atoms with E-state index in [-0.39, 0.29) is 17.1 Å². The first kappa shape index (κ1) is 16.5. The summed E-state index contributed by atoms with van der Waals surface area (Å²) < 4.78 is 46.2. The van der Waals surface area contributed by atoms with Gasteiger partial charge in [-0.1, -0.05) is 0 Å². The lowest BCUT2D eigenvalue weighted by Crippen LogP contribution is -2.13. The summed E-state index contributed by atoms with van der Waals surface area (Å²) in [7, 11) is 0. The molecule has 9 heteroatoms. The molecule has 0 atom stereocenters. The monoisotopic (exact) mass is 328 g/mol. The first-order chi connectivity index (χ1) is 10.6. The first-order valence-corrected chi connectivity index (χ1v) is 6.29. The lowest BCUT2D eigenvalue weighted by Gasteiger charge is -2.07. The topological polar surface area (TPSA) is 81.4 Å². The van der Waals surface area contributed by atoms with Crippen LogP contribution in [0.4, 0.5) is 19.0 Å². The van der Waals surface area contributed by atoms with E-state index >= 15 is 0 Å². The maximum Gasteiger partial charge on any atom is 0.469 e. The predicted molar refractivity (Wildman–Crippen MR) is 71.9 cm³/mol. The van der Waals surface area contributed by atoms with Crippen LogP contribution >= 0.6 is 0 Å². The highest BCUT2D eigenvalue weighted by Crippen LogP contribution is 2.29. The van der Waals surface area contributed by atoms with Gasteiger partial charge in [-0.25, -0.2) is 0 Å². The molecule has 0 saturated heterocycles. The number of nitrogens with zero attached hydrogens (tertiary/aromatic N) is 1. The number of rotatable bonds is 3. The maximum absolute atomic E-state index is 12.4. The summed E-state index contributed by atoms with van der Waals surface area (Å²) in [5.41, 5.74) is 0.725. The molecule has 0 fully saturated rings. The summed E-state index contributed by atoms with van der Waals surface area (Å²) in [6.07, 6.45) is -4.06. The lowest BCUT2D eigenvalue weighted by molar-refractivity contribution is -0.157. The van der Waals surface area contributed by atoms with Crippen LogP contribution in [0.3, 0.4) is 0 Å². The molecule has 6 nitrogen and oxygen atoms in total. The number of aryl methyl sites for hydroxylation is 1. The number of nitrogens with one attached hydrogen (secondary N) is 1. The Bertz CT molecular complexity index is 753. The standard InChI is InChI=1S/C14H11F3N2O4/c1-7-3-9(5-10(4-7)23-8(2)20)12(21)18-11-6-22-13(19-11)14(15,16)17/h3-6H,1-2H3,(H,18,21).